The van der Waals surface area contributed by atoms with E-state index in [1.165, 1.54) is 36.3 Å². The van der Waals surface area contributed by atoms with Crippen LogP contribution in [-0.2, 0) is 12.1 Å². The van der Waals surface area contributed by atoms with Gasteiger partial charge in [-0.2, -0.15) is 5.10 Å². The van der Waals surface area contributed by atoms with Crippen LogP contribution in [0.25, 0.3) is 11.0 Å². The molecular weight excluding hydrogens is 347 g/mol. The van der Waals surface area contributed by atoms with E-state index >= 15 is 0 Å². The third-order valence-electron chi connectivity index (χ3n) is 3.89. The minimum atomic E-state index is -0.590. The van der Waals surface area contributed by atoms with Gasteiger partial charge in [0.05, 0.1) is 25.4 Å². The van der Waals surface area contributed by atoms with Crippen LogP contribution in [0.1, 0.15) is 26.3 Å². The Morgan fingerprint density at radius 3 is 2.68 bits per heavy atom. The highest BCUT2D eigenvalue weighted by molar-refractivity contribution is 6.31. The van der Waals surface area contributed by atoms with Crippen LogP contribution in [0.5, 0.6) is 5.75 Å². The summed E-state index contributed by atoms with van der Waals surface area (Å²) in [6.45, 7) is 5.86. The molecule has 6 nitrogen and oxygen atoms in total. The van der Waals surface area contributed by atoms with Gasteiger partial charge in [0, 0.05) is 10.6 Å². The monoisotopic (exact) mass is 364 g/mol. The van der Waals surface area contributed by atoms with E-state index in [1.54, 1.807) is 4.68 Å². The third kappa shape index (κ3) is 3.00. The number of ether oxygens (including phenoxy) is 1. The largest absolute Gasteiger partial charge is 0.494 e. The lowest BCUT2D eigenvalue weighted by Gasteiger charge is -2.19. The van der Waals surface area contributed by atoms with E-state index in [0.29, 0.717) is 11.0 Å². The fraction of sp³-hybridized carbons (Fsp3) is 0.353. The lowest BCUT2D eigenvalue weighted by molar-refractivity contribution is 0.365. The van der Waals surface area contributed by atoms with Gasteiger partial charge in [-0.1, -0.05) is 11.6 Å². The molecule has 0 amide bonds. The summed E-state index contributed by atoms with van der Waals surface area (Å²) in [7, 11) is 1.37. The first-order chi connectivity index (χ1) is 11.7. The van der Waals surface area contributed by atoms with E-state index in [1.807, 2.05) is 20.8 Å². The summed E-state index contributed by atoms with van der Waals surface area (Å²) >= 11 is 6.10. The molecule has 3 rings (SSSR count). The summed E-state index contributed by atoms with van der Waals surface area (Å²) in [6, 6.07) is 2.98. The summed E-state index contributed by atoms with van der Waals surface area (Å²) in [5, 5.41) is 4.85. The zero-order valence-corrected chi connectivity index (χ0v) is 15.1. The quantitative estimate of drug-likeness (QED) is 0.716. The van der Waals surface area contributed by atoms with Crippen molar-refractivity contribution >= 4 is 22.6 Å². The van der Waals surface area contributed by atoms with Crippen LogP contribution in [0.15, 0.2) is 29.5 Å². The van der Waals surface area contributed by atoms with Crippen molar-refractivity contribution in [1.82, 2.24) is 19.3 Å². The second kappa shape index (κ2) is 6.15. The zero-order chi connectivity index (χ0) is 18.4. The second-order valence-corrected chi connectivity index (χ2v) is 7.09. The molecule has 0 aliphatic rings. The molecule has 0 fully saturated rings. The fourth-order valence-electron chi connectivity index (χ4n) is 2.60. The highest BCUT2D eigenvalue weighted by Gasteiger charge is 2.20. The lowest BCUT2D eigenvalue weighted by atomic mass is 10.1. The van der Waals surface area contributed by atoms with Crippen LogP contribution in [0.2, 0.25) is 5.02 Å². The Balaban J connectivity index is 2.10. The molecule has 2 aromatic heterocycles. The molecule has 8 heteroatoms. The van der Waals surface area contributed by atoms with E-state index in [0.717, 1.165) is 0 Å². The van der Waals surface area contributed by atoms with Gasteiger partial charge in [-0.25, -0.2) is 14.1 Å². The number of fused-ring (bicyclic) bond motifs is 1. The van der Waals surface area contributed by atoms with Gasteiger partial charge in [0.1, 0.15) is 11.7 Å². The van der Waals surface area contributed by atoms with Gasteiger partial charge >= 0.3 is 0 Å². The number of aromatic nitrogens is 4. The van der Waals surface area contributed by atoms with E-state index in [9.17, 15) is 9.18 Å². The molecule has 0 aliphatic carbocycles. The molecule has 132 valence electrons. The first kappa shape index (κ1) is 17.4. The first-order valence-corrected chi connectivity index (χ1v) is 8.06. The number of halogens is 2. The molecule has 0 spiro atoms. The van der Waals surface area contributed by atoms with E-state index < -0.39 is 5.82 Å². The Bertz CT molecular complexity index is 1000. The van der Waals surface area contributed by atoms with Gasteiger partial charge in [-0.15, -0.1) is 0 Å². The fourth-order valence-corrected chi connectivity index (χ4v) is 2.81. The summed E-state index contributed by atoms with van der Waals surface area (Å²) in [4.78, 5) is 17.1. The predicted molar refractivity (Wildman–Crippen MR) is 93.8 cm³/mol. The maximum Gasteiger partial charge on any atom is 0.264 e. The van der Waals surface area contributed by atoms with Gasteiger partial charge in [-0.3, -0.25) is 9.36 Å². The molecule has 0 unspecified atom stereocenters. The maximum absolute atomic E-state index is 14.5. The smallest absolute Gasteiger partial charge is 0.264 e. The van der Waals surface area contributed by atoms with Gasteiger partial charge in [0.2, 0.25) is 0 Å². The molecule has 0 bridgehead atoms. The Hall–Kier alpha value is -2.41. The number of nitrogens with zero attached hydrogens (tertiary/aromatic N) is 4. The van der Waals surface area contributed by atoms with Crippen molar-refractivity contribution in [2.75, 3.05) is 7.11 Å². The Kier molecular flexibility index (Phi) is 4.28. The van der Waals surface area contributed by atoms with Crippen molar-refractivity contribution < 1.29 is 9.13 Å². The number of methoxy groups -OCH3 is 1. The van der Waals surface area contributed by atoms with Crippen LogP contribution in [-0.4, -0.2) is 26.4 Å². The topological polar surface area (TPSA) is 61.9 Å². The first-order valence-electron chi connectivity index (χ1n) is 7.68. The molecule has 3 aromatic rings. The molecule has 25 heavy (non-hydrogen) atoms. The number of hydrogen-bond donors (Lipinski definition) is 0. The molecule has 0 atom stereocenters. The highest BCUT2D eigenvalue weighted by Crippen LogP contribution is 2.27. The van der Waals surface area contributed by atoms with Gasteiger partial charge in [0.15, 0.2) is 17.2 Å². The SMILES string of the molecule is COc1ccc(Cl)c(Cn2cnc3c(cnn3C(C)(C)C)c2=O)c1F. The molecule has 1 aromatic carbocycles. The van der Waals surface area contributed by atoms with Crippen LogP contribution in [0, 0.1) is 5.82 Å². The van der Waals surface area contributed by atoms with Crippen LogP contribution in [0.3, 0.4) is 0 Å². The van der Waals surface area contributed by atoms with Gasteiger partial charge in [0.25, 0.3) is 5.56 Å². The van der Waals surface area contributed by atoms with Gasteiger partial charge in [-0.05, 0) is 32.9 Å². The van der Waals surface area contributed by atoms with Crippen LogP contribution in [0.4, 0.5) is 4.39 Å². The summed E-state index contributed by atoms with van der Waals surface area (Å²) in [6.07, 6.45) is 2.86. The van der Waals surface area contributed by atoms with Crippen molar-refractivity contribution in [3.63, 3.8) is 0 Å². The summed E-state index contributed by atoms with van der Waals surface area (Å²) in [5.41, 5.74) is 0.0486. The number of benzene rings is 1. The van der Waals surface area contributed by atoms with Crippen molar-refractivity contribution in [3.05, 3.63) is 51.4 Å². The summed E-state index contributed by atoms with van der Waals surface area (Å²) in [5.74, 6) is -0.519. The average molecular weight is 365 g/mol. The number of rotatable bonds is 3. The summed E-state index contributed by atoms with van der Waals surface area (Å²) < 4.78 is 22.4. The molecule has 0 radical (unpaired) electrons. The Morgan fingerprint density at radius 2 is 2.04 bits per heavy atom. The van der Waals surface area contributed by atoms with Gasteiger partial charge < -0.3 is 4.74 Å². The molecule has 0 saturated heterocycles. The molecule has 0 saturated carbocycles. The lowest BCUT2D eigenvalue weighted by Crippen LogP contribution is -2.25. The van der Waals surface area contributed by atoms with Crippen molar-refractivity contribution in [3.8, 4) is 5.75 Å². The normalized spacial score (nSPS) is 11.9. The zero-order valence-electron chi connectivity index (χ0n) is 14.4. The van der Waals surface area contributed by atoms with Crippen LogP contribution < -0.4 is 10.3 Å². The Labute approximate surface area is 148 Å². The third-order valence-corrected chi connectivity index (χ3v) is 4.24. The van der Waals surface area contributed by atoms with Crippen molar-refractivity contribution in [2.24, 2.45) is 0 Å². The minimum Gasteiger partial charge on any atom is -0.494 e. The average Bonchev–Trinajstić information content (AvgIpc) is 2.98. The molecule has 2 heterocycles. The second-order valence-electron chi connectivity index (χ2n) is 6.68. The van der Waals surface area contributed by atoms with Crippen LogP contribution >= 0.6 is 11.6 Å². The molecular formula is C17H18ClFN4O2. The van der Waals surface area contributed by atoms with E-state index in [2.05, 4.69) is 10.1 Å². The molecule has 0 aliphatic heterocycles. The van der Waals surface area contributed by atoms with E-state index in [-0.39, 0.29) is 34.0 Å². The van der Waals surface area contributed by atoms with E-state index in [4.69, 9.17) is 16.3 Å². The maximum atomic E-state index is 14.5. The predicted octanol–water partition coefficient (Wildman–Crippen LogP) is 3.20. The van der Waals surface area contributed by atoms with Crippen molar-refractivity contribution in [1.29, 1.82) is 0 Å². The number of hydrogen-bond acceptors (Lipinski definition) is 4. The molecule has 0 N–H and O–H groups in total. The standard InChI is InChI=1S/C17H18ClFN4O2/c1-17(2,3)23-15-10(7-21-23)16(24)22(9-20-15)8-11-12(18)5-6-13(25-4)14(11)19/h5-7,9H,8H2,1-4H3. The minimum absolute atomic E-state index is 0.0513. The van der Waals surface area contributed by atoms with Crippen molar-refractivity contribution in [2.45, 2.75) is 32.9 Å². The Morgan fingerprint density at radius 1 is 1.32 bits per heavy atom. The highest BCUT2D eigenvalue weighted by atomic mass is 35.5.